The summed E-state index contributed by atoms with van der Waals surface area (Å²) in [7, 11) is 0. The third-order valence-electron chi connectivity index (χ3n) is 2.99. The van der Waals surface area contributed by atoms with Crippen LogP contribution in [-0.4, -0.2) is 38.9 Å². The van der Waals surface area contributed by atoms with E-state index in [1.165, 1.54) is 0 Å². The zero-order valence-electron chi connectivity index (χ0n) is 10.9. The maximum absolute atomic E-state index is 11.4. The van der Waals surface area contributed by atoms with Gasteiger partial charge in [-0.2, -0.15) is 0 Å². The molecule has 0 aliphatic carbocycles. The largest absolute Gasteiger partial charge is 0.480 e. The molecule has 0 saturated heterocycles. The Hall–Kier alpha value is -1.01. The number of carboxylic acid groups (broad SMARTS) is 1. The zero-order valence-corrected chi connectivity index (χ0v) is 11.7. The van der Waals surface area contributed by atoms with Crippen LogP contribution in [0.3, 0.4) is 0 Å². The number of nitrogens with zero attached hydrogens (tertiary/aromatic N) is 1. The lowest BCUT2D eigenvalue weighted by atomic mass is 9.91. The van der Waals surface area contributed by atoms with Crippen LogP contribution in [0.25, 0.3) is 0 Å². The fourth-order valence-corrected chi connectivity index (χ4v) is 2.70. The smallest absolute Gasteiger partial charge is 0.323 e. The van der Waals surface area contributed by atoms with Gasteiger partial charge in [-0.05, 0) is 25.8 Å². The maximum Gasteiger partial charge on any atom is 0.323 e. The molecular weight excluding hydrogens is 250 g/mol. The van der Waals surface area contributed by atoms with Crippen LogP contribution in [0.15, 0.2) is 17.6 Å². The molecule has 1 unspecified atom stereocenters. The number of imidazole rings is 1. The molecule has 0 bridgehead atoms. The van der Waals surface area contributed by atoms with Gasteiger partial charge in [0.25, 0.3) is 0 Å². The van der Waals surface area contributed by atoms with E-state index in [4.69, 9.17) is 0 Å². The van der Waals surface area contributed by atoms with Crippen LogP contribution >= 0.6 is 11.8 Å². The number of thioether (sulfide) groups is 1. The number of aromatic amines is 1. The molecule has 0 saturated carbocycles. The summed E-state index contributed by atoms with van der Waals surface area (Å²) in [5.41, 5.74) is -0.779. The number of aliphatic carboxylic acids is 1. The molecule has 0 aromatic carbocycles. The first-order valence-electron chi connectivity index (χ1n) is 6.25. The summed E-state index contributed by atoms with van der Waals surface area (Å²) in [5, 5.41) is 13.3. The second-order valence-corrected chi connectivity index (χ2v) is 5.20. The van der Waals surface area contributed by atoms with Crippen molar-refractivity contribution in [3.8, 4) is 0 Å². The standard InChI is InChI=1S/C12H21N3O2S/c1-3-12(10(16)17,15-4-2)6-5-9-18-11-13-7-8-14-11/h7-8,15H,3-6,9H2,1-2H3,(H,13,14)(H,16,17). The van der Waals surface area contributed by atoms with E-state index in [0.29, 0.717) is 19.4 Å². The van der Waals surface area contributed by atoms with Crippen molar-refractivity contribution in [2.24, 2.45) is 0 Å². The number of likely N-dealkylation sites (N-methyl/N-ethyl adjacent to an activating group) is 1. The normalized spacial score (nSPS) is 14.3. The van der Waals surface area contributed by atoms with Crippen molar-refractivity contribution >= 4 is 17.7 Å². The topological polar surface area (TPSA) is 78.0 Å². The quantitative estimate of drug-likeness (QED) is 0.474. The first-order chi connectivity index (χ1) is 8.64. The SMILES string of the molecule is CCNC(CC)(CCCSc1ncc[nH]1)C(=O)O. The summed E-state index contributed by atoms with van der Waals surface area (Å²) >= 11 is 1.62. The molecule has 0 amide bonds. The van der Waals surface area contributed by atoms with Crippen molar-refractivity contribution in [2.75, 3.05) is 12.3 Å². The highest BCUT2D eigenvalue weighted by molar-refractivity contribution is 7.99. The van der Waals surface area contributed by atoms with E-state index in [1.54, 1.807) is 24.2 Å². The van der Waals surface area contributed by atoms with Gasteiger partial charge >= 0.3 is 5.97 Å². The van der Waals surface area contributed by atoms with Gasteiger partial charge in [-0.15, -0.1) is 0 Å². The first kappa shape index (κ1) is 15.0. The predicted octanol–water partition coefficient (Wildman–Crippen LogP) is 2.12. The van der Waals surface area contributed by atoms with Gasteiger partial charge in [0.2, 0.25) is 0 Å². The molecule has 0 radical (unpaired) electrons. The van der Waals surface area contributed by atoms with Gasteiger partial charge in [0, 0.05) is 18.1 Å². The average molecular weight is 271 g/mol. The summed E-state index contributed by atoms with van der Waals surface area (Å²) in [5.74, 6) is 0.114. The Morgan fingerprint density at radius 2 is 2.39 bits per heavy atom. The lowest BCUT2D eigenvalue weighted by Crippen LogP contribution is -2.51. The molecule has 18 heavy (non-hydrogen) atoms. The number of hydrogen-bond donors (Lipinski definition) is 3. The second kappa shape index (κ2) is 7.43. The molecule has 102 valence electrons. The average Bonchev–Trinajstić information content (AvgIpc) is 2.86. The molecule has 3 N–H and O–H groups in total. The Labute approximate surface area is 112 Å². The monoisotopic (exact) mass is 271 g/mol. The first-order valence-corrected chi connectivity index (χ1v) is 7.23. The molecular formula is C12H21N3O2S. The highest BCUT2D eigenvalue weighted by Gasteiger charge is 2.34. The molecule has 5 nitrogen and oxygen atoms in total. The second-order valence-electron chi connectivity index (χ2n) is 4.12. The van der Waals surface area contributed by atoms with Gasteiger partial charge in [0.15, 0.2) is 5.16 Å². The highest BCUT2D eigenvalue weighted by Crippen LogP contribution is 2.21. The Balaban J connectivity index is 2.39. The summed E-state index contributed by atoms with van der Waals surface area (Å²) in [4.78, 5) is 18.5. The highest BCUT2D eigenvalue weighted by atomic mass is 32.2. The van der Waals surface area contributed by atoms with Crippen molar-refractivity contribution in [1.29, 1.82) is 0 Å². The molecule has 1 atom stereocenters. The van der Waals surface area contributed by atoms with Crippen molar-refractivity contribution in [1.82, 2.24) is 15.3 Å². The maximum atomic E-state index is 11.4. The molecule has 0 aliphatic rings. The van der Waals surface area contributed by atoms with Crippen LogP contribution in [0.4, 0.5) is 0 Å². The van der Waals surface area contributed by atoms with Crippen molar-refractivity contribution < 1.29 is 9.90 Å². The minimum atomic E-state index is -0.779. The Kier molecular flexibility index (Phi) is 6.21. The summed E-state index contributed by atoms with van der Waals surface area (Å²) in [6.45, 7) is 4.52. The fourth-order valence-electron chi connectivity index (χ4n) is 1.93. The van der Waals surface area contributed by atoms with Crippen LogP contribution in [0.5, 0.6) is 0 Å². The van der Waals surface area contributed by atoms with E-state index in [9.17, 15) is 9.90 Å². The number of H-pyrrole nitrogens is 1. The minimum Gasteiger partial charge on any atom is -0.480 e. The van der Waals surface area contributed by atoms with E-state index in [0.717, 1.165) is 17.3 Å². The number of carbonyl (C=O) groups is 1. The lowest BCUT2D eigenvalue weighted by Gasteiger charge is -2.29. The van der Waals surface area contributed by atoms with Crippen LogP contribution in [-0.2, 0) is 4.79 Å². The number of aromatic nitrogens is 2. The van der Waals surface area contributed by atoms with E-state index < -0.39 is 11.5 Å². The third-order valence-corrected chi connectivity index (χ3v) is 3.98. The number of nitrogens with one attached hydrogen (secondary N) is 2. The predicted molar refractivity (Wildman–Crippen MR) is 72.9 cm³/mol. The molecule has 6 heteroatoms. The Morgan fingerprint density at radius 3 is 2.89 bits per heavy atom. The van der Waals surface area contributed by atoms with Crippen LogP contribution in [0.1, 0.15) is 33.1 Å². The number of carboxylic acids is 1. The molecule has 0 aliphatic heterocycles. The van der Waals surface area contributed by atoms with Crippen LogP contribution < -0.4 is 5.32 Å². The van der Waals surface area contributed by atoms with Crippen molar-refractivity contribution in [3.05, 3.63) is 12.4 Å². The number of hydrogen-bond acceptors (Lipinski definition) is 4. The van der Waals surface area contributed by atoms with Gasteiger partial charge in [-0.1, -0.05) is 25.6 Å². The van der Waals surface area contributed by atoms with Crippen LogP contribution in [0, 0.1) is 0 Å². The lowest BCUT2D eigenvalue weighted by molar-refractivity contribution is -0.145. The van der Waals surface area contributed by atoms with Crippen molar-refractivity contribution in [2.45, 2.75) is 43.8 Å². The fraction of sp³-hybridized carbons (Fsp3) is 0.667. The van der Waals surface area contributed by atoms with Gasteiger partial charge < -0.3 is 15.4 Å². The van der Waals surface area contributed by atoms with Crippen molar-refractivity contribution in [3.63, 3.8) is 0 Å². The molecule has 0 spiro atoms. The summed E-state index contributed by atoms with van der Waals surface area (Å²) < 4.78 is 0. The van der Waals surface area contributed by atoms with Gasteiger partial charge in [0.05, 0.1) is 0 Å². The van der Waals surface area contributed by atoms with Gasteiger partial charge in [-0.25, -0.2) is 4.98 Å². The van der Waals surface area contributed by atoms with E-state index >= 15 is 0 Å². The summed E-state index contributed by atoms with van der Waals surface area (Å²) in [6, 6.07) is 0. The zero-order chi connectivity index (χ0) is 13.4. The Bertz CT molecular complexity index is 356. The van der Waals surface area contributed by atoms with E-state index in [-0.39, 0.29) is 0 Å². The van der Waals surface area contributed by atoms with Crippen LogP contribution in [0.2, 0.25) is 0 Å². The molecule has 1 aromatic rings. The van der Waals surface area contributed by atoms with E-state index in [1.807, 2.05) is 13.8 Å². The third kappa shape index (κ3) is 4.03. The molecule has 1 aromatic heterocycles. The minimum absolute atomic E-state index is 0.599. The number of rotatable bonds is 9. The van der Waals surface area contributed by atoms with Gasteiger partial charge in [0.1, 0.15) is 5.54 Å². The van der Waals surface area contributed by atoms with Gasteiger partial charge in [-0.3, -0.25) is 4.79 Å². The van der Waals surface area contributed by atoms with E-state index in [2.05, 4.69) is 15.3 Å². The summed E-state index contributed by atoms with van der Waals surface area (Å²) in [6.07, 6.45) is 5.59. The molecule has 1 heterocycles. The molecule has 0 fully saturated rings. The molecule has 1 rings (SSSR count). The Morgan fingerprint density at radius 1 is 1.61 bits per heavy atom.